The number of nitrogens with zero attached hydrogens (tertiary/aromatic N) is 1. The standard InChI is InChI=1S/C15H12N2O/c16-15(18)12-8-4-7-11-9-13(17-14(11)12)10-5-2-1-3-6-10/h1-9,13H,(H2,16,18). The maximum Gasteiger partial charge on any atom is 0.250 e. The van der Waals surface area contributed by atoms with Gasteiger partial charge < -0.3 is 5.73 Å². The predicted molar refractivity (Wildman–Crippen MR) is 69.4 cm³/mol. The smallest absolute Gasteiger partial charge is 0.250 e. The first kappa shape index (κ1) is 10.7. The van der Waals surface area contributed by atoms with Crippen molar-refractivity contribution < 1.29 is 4.79 Å². The minimum Gasteiger partial charge on any atom is -0.366 e. The number of amides is 1. The Labute approximate surface area is 104 Å². The molecule has 18 heavy (non-hydrogen) atoms. The van der Waals surface area contributed by atoms with Gasteiger partial charge in [-0.3, -0.25) is 9.79 Å². The highest BCUT2D eigenvalue weighted by atomic mass is 16.1. The van der Waals surface area contributed by atoms with Gasteiger partial charge in [-0.15, -0.1) is 0 Å². The minimum absolute atomic E-state index is 0.0262. The first-order valence-electron chi connectivity index (χ1n) is 5.79. The molecule has 3 heteroatoms. The largest absolute Gasteiger partial charge is 0.366 e. The van der Waals surface area contributed by atoms with Crippen LogP contribution in [0.2, 0.25) is 0 Å². The molecule has 2 aromatic rings. The van der Waals surface area contributed by atoms with E-state index in [1.54, 1.807) is 6.07 Å². The number of carbonyl (C=O) groups is 1. The number of carbonyl (C=O) groups excluding carboxylic acids is 1. The Morgan fingerprint density at radius 2 is 1.83 bits per heavy atom. The summed E-state index contributed by atoms with van der Waals surface area (Å²) >= 11 is 0. The molecule has 0 radical (unpaired) electrons. The second kappa shape index (κ2) is 4.11. The number of rotatable bonds is 2. The van der Waals surface area contributed by atoms with Crippen molar-refractivity contribution in [2.24, 2.45) is 10.7 Å². The number of hydrogen-bond acceptors (Lipinski definition) is 2. The van der Waals surface area contributed by atoms with Gasteiger partial charge in [0.25, 0.3) is 5.91 Å². The molecule has 3 rings (SSSR count). The van der Waals surface area contributed by atoms with Crippen molar-refractivity contribution in [2.75, 3.05) is 0 Å². The van der Waals surface area contributed by atoms with Crippen LogP contribution in [0.4, 0.5) is 0 Å². The molecule has 0 fully saturated rings. The van der Waals surface area contributed by atoms with E-state index in [0.29, 0.717) is 10.9 Å². The molecule has 1 unspecified atom stereocenters. The highest BCUT2D eigenvalue weighted by Crippen LogP contribution is 2.19. The molecule has 3 nitrogen and oxygen atoms in total. The summed E-state index contributed by atoms with van der Waals surface area (Å²) in [5.41, 5.74) is 6.96. The fraction of sp³-hybridized carbons (Fsp3) is 0.0667. The van der Waals surface area contributed by atoms with Crippen LogP contribution in [0, 0.1) is 0 Å². The zero-order valence-corrected chi connectivity index (χ0v) is 9.71. The summed E-state index contributed by atoms with van der Waals surface area (Å²) in [6.07, 6.45) is 2.05. The Balaban J connectivity index is 2.17. The van der Waals surface area contributed by atoms with Crippen LogP contribution in [0.15, 0.2) is 53.5 Å². The lowest BCUT2D eigenvalue weighted by Crippen LogP contribution is -2.31. The third kappa shape index (κ3) is 1.70. The summed E-state index contributed by atoms with van der Waals surface area (Å²) in [6, 6.07) is 15.5. The van der Waals surface area contributed by atoms with Gasteiger partial charge in [-0.2, -0.15) is 0 Å². The second-order valence-corrected chi connectivity index (χ2v) is 4.26. The zero-order chi connectivity index (χ0) is 12.5. The SMILES string of the molecule is NC(=O)c1cccc2c1=NC(c1ccccc1)C=2. The van der Waals surface area contributed by atoms with E-state index in [4.69, 9.17) is 5.73 Å². The van der Waals surface area contributed by atoms with Crippen molar-refractivity contribution in [3.8, 4) is 0 Å². The number of benzene rings is 2. The van der Waals surface area contributed by atoms with E-state index in [0.717, 1.165) is 10.8 Å². The molecule has 1 aliphatic heterocycles. The molecule has 1 heterocycles. The lowest BCUT2D eigenvalue weighted by molar-refractivity contribution is 0.0999. The molecule has 0 aromatic heterocycles. The quantitative estimate of drug-likeness (QED) is 0.829. The average molecular weight is 236 g/mol. The Morgan fingerprint density at radius 3 is 2.56 bits per heavy atom. The molecule has 1 aliphatic rings. The van der Waals surface area contributed by atoms with Crippen LogP contribution in [0.25, 0.3) is 6.08 Å². The van der Waals surface area contributed by atoms with Gasteiger partial charge in [-0.05, 0) is 22.9 Å². The summed E-state index contributed by atoms with van der Waals surface area (Å²) in [5.74, 6) is -0.433. The molecule has 1 atom stereocenters. The molecule has 2 aromatic carbocycles. The fourth-order valence-electron chi connectivity index (χ4n) is 2.21. The van der Waals surface area contributed by atoms with Gasteiger partial charge in [-0.25, -0.2) is 0 Å². The van der Waals surface area contributed by atoms with Crippen LogP contribution in [0.3, 0.4) is 0 Å². The summed E-state index contributed by atoms with van der Waals surface area (Å²) < 4.78 is 0. The molecule has 2 N–H and O–H groups in total. The summed E-state index contributed by atoms with van der Waals surface area (Å²) in [7, 11) is 0. The number of primary amides is 1. The Bertz CT molecular complexity index is 720. The highest BCUT2D eigenvalue weighted by molar-refractivity contribution is 5.92. The van der Waals surface area contributed by atoms with Crippen LogP contribution >= 0.6 is 0 Å². The molecular weight excluding hydrogens is 224 g/mol. The van der Waals surface area contributed by atoms with E-state index >= 15 is 0 Å². The number of hydrogen-bond donors (Lipinski definition) is 1. The van der Waals surface area contributed by atoms with Crippen LogP contribution in [0.1, 0.15) is 22.0 Å². The minimum atomic E-state index is -0.433. The first-order chi connectivity index (χ1) is 8.75. The van der Waals surface area contributed by atoms with Crippen molar-refractivity contribution in [1.29, 1.82) is 0 Å². The number of fused-ring (bicyclic) bond motifs is 1. The Morgan fingerprint density at radius 1 is 1.06 bits per heavy atom. The highest BCUT2D eigenvalue weighted by Gasteiger charge is 2.14. The Kier molecular flexibility index (Phi) is 2.45. The van der Waals surface area contributed by atoms with Gasteiger partial charge in [0.15, 0.2) is 0 Å². The molecular formula is C15H12N2O. The molecule has 0 aliphatic carbocycles. The first-order valence-corrected chi connectivity index (χ1v) is 5.79. The van der Waals surface area contributed by atoms with Gasteiger partial charge >= 0.3 is 0 Å². The normalized spacial score (nSPS) is 16.6. The van der Waals surface area contributed by atoms with Crippen molar-refractivity contribution in [3.63, 3.8) is 0 Å². The lowest BCUT2D eigenvalue weighted by atomic mass is 10.1. The molecule has 0 spiro atoms. The van der Waals surface area contributed by atoms with Crippen LogP contribution < -0.4 is 16.3 Å². The zero-order valence-electron chi connectivity index (χ0n) is 9.71. The maximum atomic E-state index is 11.4. The Hall–Kier alpha value is -2.42. The van der Waals surface area contributed by atoms with E-state index in [1.807, 2.05) is 42.5 Å². The number of nitrogens with two attached hydrogens (primary N) is 1. The van der Waals surface area contributed by atoms with Gasteiger partial charge in [0.2, 0.25) is 0 Å². The van der Waals surface area contributed by atoms with Crippen molar-refractivity contribution in [2.45, 2.75) is 6.04 Å². The number of para-hydroxylation sites is 1. The van der Waals surface area contributed by atoms with Crippen LogP contribution in [0.5, 0.6) is 0 Å². The van der Waals surface area contributed by atoms with E-state index in [-0.39, 0.29) is 6.04 Å². The van der Waals surface area contributed by atoms with Crippen molar-refractivity contribution in [3.05, 3.63) is 70.2 Å². The monoisotopic (exact) mass is 236 g/mol. The molecule has 88 valence electrons. The van der Waals surface area contributed by atoms with E-state index in [9.17, 15) is 4.79 Å². The van der Waals surface area contributed by atoms with Crippen LogP contribution in [-0.4, -0.2) is 5.91 Å². The average Bonchev–Trinajstić information content (AvgIpc) is 2.83. The molecule has 0 saturated carbocycles. The molecule has 0 saturated heterocycles. The van der Waals surface area contributed by atoms with E-state index in [2.05, 4.69) is 11.1 Å². The summed E-state index contributed by atoms with van der Waals surface area (Å²) in [4.78, 5) is 15.9. The van der Waals surface area contributed by atoms with Gasteiger partial charge in [0.05, 0.1) is 17.0 Å². The predicted octanol–water partition coefficient (Wildman–Crippen LogP) is 0.940. The van der Waals surface area contributed by atoms with Crippen molar-refractivity contribution >= 4 is 12.0 Å². The van der Waals surface area contributed by atoms with Crippen molar-refractivity contribution in [1.82, 2.24) is 0 Å². The topological polar surface area (TPSA) is 55.5 Å². The van der Waals surface area contributed by atoms with E-state index in [1.165, 1.54) is 0 Å². The van der Waals surface area contributed by atoms with E-state index < -0.39 is 5.91 Å². The fourth-order valence-corrected chi connectivity index (χ4v) is 2.21. The van der Waals surface area contributed by atoms with Gasteiger partial charge in [0, 0.05) is 0 Å². The van der Waals surface area contributed by atoms with Gasteiger partial charge in [-0.1, -0.05) is 42.5 Å². The summed E-state index contributed by atoms with van der Waals surface area (Å²) in [5, 5.41) is 1.68. The molecule has 0 bridgehead atoms. The molecule has 1 amide bonds. The van der Waals surface area contributed by atoms with Crippen LogP contribution in [-0.2, 0) is 0 Å². The third-order valence-electron chi connectivity index (χ3n) is 3.08. The third-order valence-corrected chi connectivity index (χ3v) is 3.08. The maximum absolute atomic E-state index is 11.4. The summed E-state index contributed by atoms with van der Waals surface area (Å²) in [6.45, 7) is 0. The lowest BCUT2D eigenvalue weighted by Gasteiger charge is -2.03. The second-order valence-electron chi connectivity index (χ2n) is 4.26. The van der Waals surface area contributed by atoms with Gasteiger partial charge in [0.1, 0.15) is 0 Å².